The molecule has 24 heavy (non-hydrogen) atoms. The number of hydrogen-bond donors (Lipinski definition) is 1. The van der Waals surface area contributed by atoms with Gasteiger partial charge in [0.2, 0.25) is 0 Å². The predicted molar refractivity (Wildman–Crippen MR) is 94.0 cm³/mol. The molecule has 0 bridgehead atoms. The quantitative estimate of drug-likeness (QED) is 0.480. The molecule has 0 aromatic carbocycles. The van der Waals surface area contributed by atoms with Gasteiger partial charge in [-0.25, -0.2) is 0 Å². The molecule has 4 atom stereocenters. The standard InChI is InChI=1S/C18H32N2O4/c1-8-13(5)17(20(6)18(22)14(19)9-2)15(23-7)10-16(21)24-11-12(3)4/h2,12-15,17H,8,10-11,19H2,1,3-7H3/t13-,14-,15+,17-/m0/s1. The maximum atomic E-state index is 12.3. The lowest BCUT2D eigenvalue weighted by Gasteiger charge is -2.38. The van der Waals surface area contributed by atoms with Gasteiger partial charge < -0.3 is 20.1 Å². The molecule has 0 heterocycles. The number of carbonyl (C=O) groups is 2. The molecular formula is C18H32N2O4. The second-order valence-electron chi connectivity index (χ2n) is 6.52. The Bertz CT molecular complexity index is 445. The zero-order valence-corrected chi connectivity index (χ0v) is 15.7. The SMILES string of the molecule is C#C[C@H](N)C(=O)N(C)[C@@H]([C@@H](C)CC)[C@@H](CC(=O)OCC(C)C)OC. The molecule has 138 valence electrons. The third-order valence-electron chi connectivity index (χ3n) is 4.10. The van der Waals surface area contributed by atoms with Crippen molar-refractivity contribution >= 4 is 11.9 Å². The minimum atomic E-state index is -1.01. The van der Waals surface area contributed by atoms with E-state index in [1.165, 1.54) is 12.0 Å². The van der Waals surface area contributed by atoms with Gasteiger partial charge in [0.15, 0.2) is 0 Å². The van der Waals surface area contributed by atoms with Crippen molar-refractivity contribution in [3.8, 4) is 12.3 Å². The van der Waals surface area contributed by atoms with Gasteiger partial charge in [0.25, 0.3) is 5.91 Å². The summed E-state index contributed by atoms with van der Waals surface area (Å²) in [6.07, 6.45) is 5.65. The van der Waals surface area contributed by atoms with Gasteiger partial charge in [0.05, 0.1) is 25.2 Å². The minimum absolute atomic E-state index is 0.0706. The van der Waals surface area contributed by atoms with Crippen LogP contribution >= 0.6 is 0 Å². The maximum absolute atomic E-state index is 12.3. The van der Waals surface area contributed by atoms with Crippen molar-refractivity contribution < 1.29 is 19.1 Å². The zero-order valence-electron chi connectivity index (χ0n) is 15.7. The number of terminal acetylenes is 1. The average molecular weight is 340 g/mol. The predicted octanol–water partition coefficient (Wildman–Crippen LogP) is 1.42. The second kappa shape index (κ2) is 11.1. The van der Waals surface area contributed by atoms with Crippen molar-refractivity contribution in [1.82, 2.24) is 4.90 Å². The molecule has 0 spiro atoms. The lowest BCUT2D eigenvalue weighted by Crippen LogP contribution is -2.53. The van der Waals surface area contributed by atoms with Crippen molar-refractivity contribution in [2.24, 2.45) is 17.6 Å². The normalized spacial score (nSPS) is 16.0. The first-order chi connectivity index (χ1) is 11.2. The van der Waals surface area contributed by atoms with Crippen LogP contribution < -0.4 is 5.73 Å². The van der Waals surface area contributed by atoms with Crippen molar-refractivity contribution in [2.45, 2.75) is 58.7 Å². The lowest BCUT2D eigenvalue weighted by atomic mass is 9.91. The van der Waals surface area contributed by atoms with Crippen LogP contribution in [0.4, 0.5) is 0 Å². The molecule has 6 heteroatoms. The summed E-state index contributed by atoms with van der Waals surface area (Å²) in [5.41, 5.74) is 5.66. The first kappa shape index (κ1) is 22.4. The largest absolute Gasteiger partial charge is 0.465 e. The molecule has 0 unspecified atom stereocenters. The molecule has 6 nitrogen and oxygen atoms in total. The number of nitrogens with zero attached hydrogens (tertiary/aromatic N) is 1. The molecule has 0 aromatic rings. The smallest absolute Gasteiger partial charge is 0.308 e. The van der Waals surface area contributed by atoms with Gasteiger partial charge in [-0.2, -0.15) is 0 Å². The van der Waals surface area contributed by atoms with Gasteiger partial charge in [-0.05, 0) is 11.8 Å². The van der Waals surface area contributed by atoms with E-state index in [4.69, 9.17) is 21.6 Å². The van der Waals surface area contributed by atoms with E-state index in [1.807, 2.05) is 27.7 Å². The molecule has 0 aromatic heterocycles. The van der Waals surface area contributed by atoms with Crippen LogP contribution in [-0.2, 0) is 19.1 Å². The highest BCUT2D eigenvalue weighted by atomic mass is 16.5. The Morgan fingerprint density at radius 3 is 2.29 bits per heavy atom. The summed E-state index contributed by atoms with van der Waals surface area (Å²) in [6, 6.07) is -1.33. The number of nitrogens with two attached hydrogens (primary N) is 1. The molecule has 0 fully saturated rings. The Kier molecular flexibility index (Phi) is 10.3. The average Bonchev–Trinajstić information content (AvgIpc) is 2.57. The number of amides is 1. The Hall–Kier alpha value is -1.58. The first-order valence-corrected chi connectivity index (χ1v) is 8.36. The fourth-order valence-corrected chi connectivity index (χ4v) is 2.50. The van der Waals surface area contributed by atoms with Gasteiger partial charge in [-0.15, -0.1) is 6.42 Å². The first-order valence-electron chi connectivity index (χ1n) is 8.36. The van der Waals surface area contributed by atoms with E-state index in [9.17, 15) is 9.59 Å². The number of ether oxygens (including phenoxy) is 2. The topological polar surface area (TPSA) is 81.9 Å². The minimum Gasteiger partial charge on any atom is -0.465 e. The second-order valence-corrected chi connectivity index (χ2v) is 6.52. The summed E-state index contributed by atoms with van der Waals surface area (Å²) in [5, 5.41) is 0. The van der Waals surface area contributed by atoms with Crippen molar-refractivity contribution in [2.75, 3.05) is 20.8 Å². The summed E-state index contributed by atoms with van der Waals surface area (Å²) in [4.78, 5) is 25.9. The summed E-state index contributed by atoms with van der Waals surface area (Å²) < 4.78 is 10.7. The van der Waals surface area contributed by atoms with E-state index in [2.05, 4.69) is 5.92 Å². The summed E-state index contributed by atoms with van der Waals surface area (Å²) in [7, 11) is 3.16. The van der Waals surface area contributed by atoms with Crippen LogP contribution in [0, 0.1) is 24.2 Å². The molecular weight excluding hydrogens is 308 g/mol. The van der Waals surface area contributed by atoms with Gasteiger partial charge in [-0.3, -0.25) is 9.59 Å². The number of likely N-dealkylation sites (N-methyl/N-ethyl adjacent to an activating group) is 1. The Morgan fingerprint density at radius 2 is 1.88 bits per heavy atom. The van der Waals surface area contributed by atoms with E-state index < -0.39 is 12.1 Å². The highest BCUT2D eigenvalue weighted by Crippen LogP contribution is 2.22. The van der Waals surface area contributed by atoms with Gasteiger partial charge in [0, 0.05) is 14.2 Å². The van der Waals surface area contributed by atoms with E-state index >= 15 is 0 Å². The number of rotatable bonds is 10. The van der Waals surface area contributed by atoms with Crippen LogP contribution in [0.5, 0.6) is 0 Å². The van der Waals surface area contributed by atoms with Crippen LogP contribution in [0.3, 0.4) is 0 Å². The van der Waals surface area contributed by atoms with Gasteiger partial charge in [-0.1, -0.05) is 40.0 Å². The van der Waals surface area contributed by atoms with E-state index in [0.717, 1.165) is 6.42 Å². The van der Waals surface area contributed by atoms with Crippen LogP contribution in [0.25, 0.3) is 0 Å². The lowest BCUT2D eigenvalue weighted by molar-refractivity contribution is -0.151. The number of methoxy groups -OCH3 is 1. The highest BCUT2D eigenvalue weighted by Gasteiger charge is 2.35. The van der Waals surface area contributed by atoms with Crippen molar-refractivity contribution in [3.63, 3.8) is 0 Å². The summed E-state index contributed by atoms with van der Waals surface area (Å²) >= 11 is 0. The molecule has 0 aliphatic carbocycles. The number of esters is 1. The molecule has 0 aliphatic rings. The molecule has 0 rings (SSSR count). The third kappa shape index (κ3) is 6.90. The van der Waals surface area contributed by atoms with Crippen molar-refractivity contribution in [3.05, 3.63) is 0 Å². The summed E-state index contributed by atoms with van der Waals surface area (Å²) in [5.74, 6) is 1.91. The number of carbonyl (C=O) groups excluding carboxylic acids is 2. The van der Waals surface area contributed by atoms with Gasteiger partial charge in [0.1, 0.15) is 6.04 Å². The van der Waals surface area contributed by atoms with Crippen LogP contribution in [0.1, 0.15) is 40.5 Å². The van der Waals surface area contributed by atoms with E-state index in [0.29, 0.717) is 6.61 Å². The molecule has 0 aliphatic heterocycles. The van der Waals surface area contributed by atoms with E-state index in [1.54, 1.807) is 7.05 Å². The van der Waals surface area contributed by atoms with Crippen LogP contribution in [0.15, 0.2) is 0 Å². The Morgan fingerprint density at radius 1 is 1.29 bits per heavy atom. The number of hydrogen-bond acceptors (Lipinski definition) is 5. The van der Waals surface area contributed by atoms with E-state index in [-0.39, 0.29) is 36.2 Å². The zero-order chi connectivity index (χ0) is 18.9. The van der Waals surface area contributed by atoms with Gasteiger partial charge >= 0.3 is 5.97 Å². The van der Waals surface area contributed by atoms with Crippen molar-refractivity contribution in [1.29, 1.82) is 0 Å². The third-order valence-corrected chi connectivity index (χ3v) is 4.10. The fourth-order valence-electron chi connectivity index (χ4n) is 2.50. The molecule has 2 N–H and O–H groups in total. The Labute approximate surface area is 146 Å². The molecule has 0 saturated carbocycles. The van der Waals surface area contributed by atoms with Crippen LogP contribution in [0.2, 0.25) is 0 Å². The molecule has 1 amide bonds. The fraction of sp³-hybridized carbons (Fsp3) is 0.778. The molecule has 0 radical (unpaired) electrons. The molecule has 0 saturated heterocycles. The monoisotopic (exact) mass is 340 g/mol. The Balaban J connectivity index is 5.21. The highest BCUT2D eigenvalue weighted by molar-refractivity contribution is 5.84. The summed E-state index contributed by atoms with van der Waals surface area (Å²) in [6.45, 7) is 8.32. The van der Waals surface area contributed by atoms with Crippen LogP contribution in [-0.4, -0.2) is 55.7 Å². The maximum Gasteiger partial charge on any atom is 0.308 e.